The van der Waals surface area contributed by atoms with Crippen molar-refractivity contribution in [3.05, 3.63) is 42.5 Å². The van der Waals surface area contributed by atoms with Crippen molar-refractivity contribution in [3.63, 3.8) is 0 Å². The fourth-order valence-corrected chi connectivity index (χ4v) is 1.25. The normalized spacial score (nSPS) is 14.5. The lowest BCUT2D eigenvalue weighted by Gasteiger charge is -2.23. The van der Waals surface area contributed by atoms with E-state index in [-0.39, 0.29) is 6.61 Å². The summed E-state index contributed by atoms with van der Waals surface area (Å²) in [6.45, 7) is 5.72. The van der Waals surface area contributed by atoms with Gasteiger partial charge in [-0.1, -0.05) is 18.2 Å². The van der Waals surface area contributed by atoms with Gasteiger partial charge in [0.25, 0.3) is 0 Å². The van der Waals surface area contributed by atoms with E-state index in [1.54, 1.807) is 13.2 Å². The zero-order valence-electron chi connectivity index (χ0n) is 8.66. The number of benzene rings is 1. The van der Waals surface area contributed by atoms with Gasteiger partial charge in [0.1, 0.15) is 5.75 Å². The second-order valence-electron chi connectivity index (χ2n) is 3.51. The van der Waals surface area contributed by atoms with E-state index in [1.807, 2.05) is 31.2 Å². The molecular weight excluding hydrogens is 176 g/mol. The summed E-state index contributed by atoms with van der Waals surface area (Å²) in [5, 5.41) is 9.29. The average Bonchev–Trinajstić information content (AvgIpc) is 2.28. The van der Waals surface area contributed by atoms with Gasteiger partial charge in [-0.2, -0.15) is 0 Å². The Balaban J connectivity index is 3.10. The van der Waals surface area contributed by atoms with Crippen LogP contribution in [0, 0.1) is 0 Å². The van der Waals surface area contributed by atoms with E-state index < -0.39 is 5.41 Å². The molecule has 0 aliphatic rings. The summed E-state index contributed by atoms with van der Waals surface area (Å²) in [4.78, 5) is 0. The third kappa shape index (κ3) is 1.96. The molecule has 1 rings (SSSR count). The van der Waals surface area contributed by atoms with Crippen molar-refractivity contribution in [3.8, 4) is 5.75 Å². The quantitative estimate of drug-likeness (QED) is 0.740. The minimum atomic E-state index is -0.394. The van der Waals surface area contributed by atoms with Crippen LogP contribution >= 0.6 is 0 Å². The van der Waals surface area contributed by atoms with Crippen LogP contribution in [0.15, 0.2) is 36.9 Å². The van der Waals surface area contributed by atoms with Crippen molar-refractivity contribution in [2.24, 2.45) is 0 Å². The second kappa shape index (κ2) is 4.29. The van der Waals surface area contributed by atoms with Crippen molar-refractivity contribution in [1.82, 2.24) is 0 Å². The third-order valence-electron chi connectivity index (χ3n) is 2.51. The summed E-state index contributed by atoms with van der Waals surface area (Å²) >= 11 is 0. The Morgan fingerprint density at radius 1 is 1.57 bits per heavy atom. The van der Waals surface area contributed by atoms with Gasteiger partial charge in [-0.25, -0.2) is 0 Å². The molecule has 0 heterocycles. The standard InChI is InChI=1S/C12H16O2/c1-4-12(2,9-13)10-6-5-7-11(8-10)14-3/h4-8,13H,1,9H2,2-3H3/t12-/m1/s1. The topological polar surface area (TPSA) is 29.5 Å². The van der Waals surface area contributed by atoms with Crippen molar-refractivity contribution >= 4 is 0 Å². The highest BCUT2D eigenvalue weighted by Crippen LogP contribution is 2.27. The van der Waals surface area contributed by atoms with Crippen molar-refractivity contribution < 1.29 is 9.84 Å². The summed E-state index contributed by atoms with van der Waals surface area (Å²) in [5.74, 6) is 0.795. The van der Waals surface area contributed by atoms with Crippen LogP contribution in [0.5, 0.6) is 5.75 Å². The zero-order chi connectivity index (χ0) is 10.6. The molecule has 76 valence electrons. The van der Waals surface area contributed by atoms with E-state index in [4.69, 9.17) is 4.74 Å². The van der Waals surface area contributed by atoms with Gasteiger partial charge in [0, 0.05) is 5.41 Å². The van der Waals surface area contributed by atoms with E-state index in [0.29, 0.717) is 0 Å². The number of ether oxygens (including phenoxy) is 1. The second-order valence-corrected chi connectivity index (χ2v) is 3.51. The smallest absolute Gasteiger partial charge is 0.119 e. The minimum Gasteiger partial charge on any atom is -0.497 e. The molecule has 0 radical (unpaired) electrons. The predicted octanol–water partition coefficient (Wildman–Crippen LogP) is 2.13. The minimum absolute atomic E-state index is 0.0453. The lowest BCUT2D eigenvalue weighted by atomic mass is 9.83. The number of rotatable bonds is 4. The van der Waals surface area contributed by atoms with E-state index in [2.05, 4.69) is 6.58 Å². The van der Waals surface area contributed by atoms with Crippen LogP contribution in [-0.2, 0) is 5.41 Å². The zero-order valence-corrected chi connectivity index (χ0v) is 8.66. The number of aliphatic hydroxyl groups is 1. The molecule has 0 saturated heterocycles. The Morgan fingerprint density at radius 3 is 2.79 bits per heavy atom. The third-order valence-corrected chi connectivity index (χ3v) is 2.51. The number of hydrogen-bond acceptors (Lipinski definition) is 2. The Kier molecular flexibility index (Phi) is 3.31. The fourth-order valence-electron chi connectivity index (χ4n) is 1.25. The Hall–Kier alpha value is -1.28. The van der Waals surface area contributed by atoms with Gasteiger partial charge in [0.2, 0.25) is 0 Å². The molecule has 0 aliphatic carbocycles. The fraction of sp³-hybridized carbons (Fsp3) is 0.333. The summed E-state index contributed by atoms with van der Waals surface area (Å²) in [7, 11) is 1.63. The Bertz CT molecular complexity index is 320. The van der Waals surface area contributed by atoms with Crippen LogP contribution in [0.4, 0.5) is 0 Å². The van der Waals surface area contributed by atoms with Gasteiger partial charge in [0.15, 0.2) is 0 Å². The first-order valence-corrected chi connectivity index (χ1v) is 4.55. The highest BCUT2D eigenvalue weighted by atomic mass is 16.5. The van der Waals surface area contributed by atoms with Crippen LogP contribution in [-0.4, -0.2) is 18.8 Å². The highest BCUT2D eigenvalue weighted by molar-refractivity contribution is 5.36. The Morgan fingerprint density at radius 2 is 2.29 bits per heavy atom. The molecule has 2 nitrogen and oxygen atoms in total. The van der Waals surface area contributed by atoms with Crippen LogP contribution in [0.3, 0.4) is 0 Å². The molecule has 1 atom stereocenters. The summed E-state index contributed by atoms with van der Waals surface area (Å²) in [5.41, 5.74) is 0.614. The van der Waals surface area contributed by atoms with Crippen molar-refractivity contribution in [2.75, 3.05) is 13.7 Å². The molecule has 0 bridgehead atoms. The van der Waals surface area contributed by atoms with E-state index in [1.165, 1.54) is 0 Å². The molecule has 1 N–H and O–H groups in total. The van der Waals surface area contributed by atoms with E-state index in [0.717, 1.165) is 11.3 Å². The molecule has 1 aromatic carbocycles. The lowest BCUT2D eigenvalue weighted by Crippen LogP contribution is -2.23. The van der Waals surface area contributed by atoms with E-state index in [9.17, 15) is 5.11 Å². The SMILES string of the molecule is C=C[C@](C)(CO)c1cccc(OC)c1. The molecule has 1 aromatic rings. The molecule has 0 aliphatic heterocycles. The maximum atomic E-state index is 9.29. The van der Waals surface area contributed by atoms with Gasteiger partial charge in [-0.15, -0.1) is 6.58 Å². The molecule has 0 unspecified atom stereocenters. The summed E-state index contributed by atoms with van der Waals surface area (Å²) in [6.07, 6.45) is 1.75. The molecule has 2 heteroatoms. The molecule has 0 spiro atoms. The predicted molar refractivity (Wildman–Crippen MR) is 57.6 cm³/mol. The van der Waals surface area contributed by atoms with E-state index >= 15 is 0 Å². The lowest BCUT2D eigenvalue weighted by molar-refractivity contribution is 0.236. The van der Waals surface area contributed by atoms with Gasteiger partial charge in [0.05, 0.1) is 13.7 Å². The first-order chi connectivity index (χ1) is 6.66. The van der Waals surface area contributed by atoms with Crippen LogP contribution in [0.1, 0.15) is 12.5 Å². The number of aliphatic hydroxyl groups excluding tert-OH is 1. The van der Waals surface area contributed by atoms with Gasteiger partial charge in [-0.3, -0.25) is 0 Å². The van der Waals surface area contributed by atoms with Gasteiger partial charge >= 0.3 is 0 Å². The maximum Gasteiger partial charge on any atom is 0.119 e. The highest BCUT2D eigenvalue weighted by Gasteiger charge is 2.21. The monoisotopic (exact) mass is 192 g/mol. The average molecular weight is 192 g/mol. The molecule has 0 aromatic heterocycles. The van der Waals surface area contributed by atoms with Crippen LogP contribution in [0.25, 0.3) is 0 Å². The first kappa shape index (κ1) is 10.8. The summed E-state index contributed by atoms with van der Waals surface area (Å²) in [6, 6.07) is 7.66. The molecule has 14 heavy (non-hydrogen) atoms. The number of methoxy groups -OCH3 is 1. The largest absolute Gasteiger partial charge is 0.497 e. The van der Waals surface area contributed by atoms with Gasteiger partial charge in [-0.05, 0) is 24.6 Å². The molecule has 0 fully saturated rings. The molecule has 0 amide bonds. The van der Waals surface area contributed by atoms with Crippen LogP contribution < -0.4 is 4.74 Å². The van der Waals surface area contributed by atoms with Crippen molar-refractivity contribution in [2.45, 2.75) is 12.3 Å². The number of hydrogen-bond donors (Lipinski definition) is 1. The van der Waals surface area contributed by atoms with Gasteiger partial charge < -0.3 is 9.84 Å². The van der Waals surface area contributed by atoms with Crippen LogP contribution in [0.2, 0.25) is 0 Å². The first-order valence-electron chi connectivity index (χ1n) is 4.55. The summed E-state index contributed by atoms with van der Waals surface area (Å²) < 4.78 is 5.12. The molecule has 0 saturated carbocycles. The van der Waals surface area contributed by atoms with Crippen molar-refractivity contribution in [1.29, 1.82) is 0 Å². The maximum absolute atomic E-state index is 9.29. The Labute approximate surface area is 84.8 Å². The molecular formula is C12H16O2.